The van der Waals surface area contributed by atoms with Gasteiger partial charge in [-0.3, -0.25) is 0 Å². The minimum atomic E-state index is 0.192. The van der Waals surface area contributed by atoms with Gasteiger partial charge in [-0.25, -0.2) is 0 Å². The van der Waals surface area contributed by atoms with Gasteiger partial charge in [-0.15, -0.1) is 10.2 Å². The van der Waals surface area contributed by atoms with Crippen LogP contribution in [-0.4, -0.2) is 21.3 Å². The van der Waals surface area contributed by atoms with Crippen molar-refractivity contribution < 1.29 is 0 Å². The van der Waals surface area contributed by atoms with Crippen LogP contribution in [0.2, 0.25) is 0 Å². The molecule has 4 heteroatoms. The van der Waals surface area contributed by atoms with E-state index >= 15 is 0 Å². The second-order valence-corrected chi connectivity index (χ2v) is 5.01. The lowest BCUT2D eigenvalue weighted by Gasteiger charge is -2.34. The molecule has 0 amide bonds. The molecule has 1 aliphatic rings. The summed E-state index contributed by atoms with van der Waals surface area (Å²) in [6.45, 7) is 10.7. The van der Waals surface area contributed by atoms with Gasteiger partial charge >= 0.3 is 0 Å². The predicted octanol–water partition coefficient (Wildman–Crippen LogP) is 1.28. The third kappa shape index (κ3) is 1.43. The summed E-state index contributed by atoms with van der Waals surface area (Å²) in [5, 5.41) is 11.9. The standard InChI is InChI=1S/C10H18N4/c1-7-12-13-9-8(10(2,3)4)11-5-6-14(7)9/h8,11H,5-6H2,1-4H3. The molecular weight excluding hydrogens is 176 g/mol. The minimum Gasteiger partial charge on any atom is -0.313 e. The van der Waals surface area contributed by atoms with E-state index in [9.17, 15) is 0 Å². The van der Waals surface area contributed by atoms with Gasteiger partial charge in [0.2, 0.25) is 0 Å². The molecule has 0 saturated carbocycles. The zero-order valence-corrected chi connectivity index (χ0v) is 9.33. The Morgan fingerprint density at radius 1 is 1.36 bits per heavy atom. The smallest absolute Gasteiger partial charge is 0.150 e. The summed E-state index contributed by atoms with van der Waals surface area (Å²) >= 11 is 0. The number of rotatable bonds is 0. The molecule has 0 spiro atoms. The average molecular weight is 194 g/mol. The van der Waals surface area contributed by atoms with Gasteiger partial charge in [0.1, 0.15) is 5.82 Å². The molecule has 0 aliphatic carbocycles. The highest BCUT2D eigenvalue weighted by Crippen LogP contribution is 2.33. The Morgan fingerprint density at radius 3 is 2.71 bits per heavy atom. The van der Waals surface area contributed by atoms with Crippen LogP contribution in [0, 0.1) is 12.3 Å². The van der Waals surface area contributed by atoms with Gasteiger partial charge in [0.25, 0.3) is 0 Å². The van der Waals surface area contributed by atoms with Crippen LogP contribution in [0.5, 0.6) is 0 Å². The van der Waals surface area contributed by atoms with E-state index in [1.807, 2.05) is 6.92 Å². The summed E-state index contributed by atoms with van der Waals surface area (Å²) < 4.78 is 2.21. The SMILES string of the molecule is Cc1nnc2n1CCNC2C(C)(C)C. The van der Waals surface area contributed by atoms with Gasteiger partial charge in [-0.05, 0) is 12.3 Å². The van der Waals surface area contributed by atoms with Crippen LogP contribution in [0.25, 0.3) is 0 Å². The molecule has 0 fully saturated rings. The maximum Gasteiger partial charge on any atom is 0.150 e. The van der Waals surface area contributed by atoms with Crippen LogP contribution >= 0.6 is 0 Å². The number of nitrogens with one attached hydrogen (secondary N) is 1. The van der Waals surface area contributed by atoms with Crippen molar-refractivity contribution in [1.82, 2.24) is 20.1 Å². The fourth-order valence-electron chi connectivity index (χ4n) is 1.99. The largest absolute Gasteiger partial charge is 0.313 e. The molecule has 78 valence electrons. The van der Waals surface area contributed by atoms with E-state index in [2.05, 4.69) is 40.9 Å². The monoisotopic (exact) mass is 194 g/mol. The van der Waals surface area contributed by atoms with Crippen molar-refractivity contribution in [3.05, 3.63) is 11.6 Å². The minimum absolute atomic E-state index is 0.192. The molecule has 2 heterocycles. The number of hydrogen-bond acceptors (Lipinski definition) is 3. The van der Waals surface area contributed by atoms with E-state index in [0.717, 1.165) is 24.7 Å². The maximum atomic E-state index is 4.25. The molecule has 14 heavy (non-hydrogen) atoms. The zero-order chi connectivity index (χ0) is 10.3. The molecule has 4 nitrogen and oxygen atoms in total. The highest BCUT2D eigenvalue weighted by molar-refractivity contribution is 5.06. The van der Waals surface area contributed by atoms with Crippen molar-refractivity contribution >= 4 is 0 Å². The highest BCUT2D eigenvalue weighted by atomic mass is 15.3. The zero-order valence-electron chi connectivity index (χ0n) is 9.33. The molecule has 1 atom stereocenters. The number of aromatic nitrogens is 3. The van der Waals surface area contributed by atoms with Crippen LogP contribution in [0.1, 0.15) is 38.5 Å². The third-order valence-corrected chi connectivity index (χ3v) is 2.77. The van der Waals surface area contributed by atoms with E-state index in [1.54, 1.807) is 0 Å². The topological polar surface area (TPSA) is 42.7 Å². The molecule has 0 bridgehead atoms. The first-order chi connectivity index (χ1) is 6.50. The van der Waals surface area contributed by atoms with E-state index in [4.69, 9.17) is 0 Å². The lowest BCUT2D eigenvalue weighted by atomic mass is 9.85. The van der Waals surface area contributed by atoms with Crippen LogP contribution in [0.4, 0.5) is 0 Å². The normalized spacial score (nSPS) is 22.1. The lowest BCUT2D eigenvalue weighted by molar-refractivity contribution is 0.232. The molecule has 0 radical (unpaired) electrons. The van der Waals surface area contributed by atoms with Gasteiger partial charge < -0.3 is 9.88 Å². The number of hydrogen-bond donors (Lipinski definition) is 1. The number of fused-ring (bicyclic) bond motifs is 1. The molecule has 1 aromatic heterocycles. The van der Waals surface area contributed by atoms with E-state index in [1.165, 1.54) is 0 Å². The van der Waals surface area contributed by atoms with Crippen LogP contribution in [0.15, 0.2) is 0 Å². The van der Waals surface area contributed by atoms with E-state index < -0.39 is 0 Å². The molecule has 1 unspecified atom stereocenters. The van der Waals surface area contributed by atoms with Crippen LogP contribution in [-0.2, 0) is 6.54 Å². The first kappa shape index (κ1) is 9.65. The molecule has 1 aliphatic heterocycles. The number of aryl methyl sites for hydroxylation is 1. The summed E-state index contributed by atoms with van der Waals surface area (Å²) in [5.74, 6) is 2.11. The summed E-state index contributed by atoms with van der Waals surface area (Å²) in [6, 6.07) is 0.317. The Morgan fingerprint density at radius 2 is 2.07 bits per heavy atom. The molecular formula is C10H18N4. The summed E-state index contributed by atoms with van der Waals surface area (Å²) in [5.41, 5.74) is 0.192. The Kier molecular flexibility index (Phi) is 2.10. The Balaban J connectivity index is 2.41. The lowest BCUT2D eigenvalue weighted by Crippen LogP contribution is -2.40. The Bertz CT molecular complexity index is 334. The van der Waals surface area contributed by atoms with Crippen molar-refractivity contribution in [2.24, 2.45) is 5.41 Å². The second-order valence-electron chi connectivity index (χ2n) is 5.01. The third-order valence-electron chi connectivity index (χ3n) is 2.77. The van der Waals surface area contributed by atoms with Gasteiger partial charge in [-0.1, -0.05) is 20.8 Å². The second kappa shape index (κ2) is 3.05. The van der Waals surface area contributed by atoms with Crippen molar-refractivity contribution in [2.45, 2.75) is 40.3 Å². The fraction of sp³-hybridized carbons (Fsp3) is 0.800. The van der Waals surface area contributed by atoms with E-state index in [0.29, 0.717) is 6.04 Å². The Labute approximate surface area is 84.7 Å². The van der Waals surface area contributed by atoms with Gasteiger partial charge in [-0.2, -0.15) is 0 Å². The summed E-state index contributed by atoms with van der Waals surface area (Å²) in [7, 11) is 0. The quantitative estimate of drug-likeness (QED) is 0.676. The van der Waals surface area contributed by atoms with Crippen molar-refractivity contribution in [3.63, 3.8) is 0 Å². The molecule has 1 N–H and O–H groups in total. The van der Waals surface area contributed by atoms with Crippen LogP contribution in [0.3, 0.4) is 0 Å². The Hall–Kier alpha value is -0.900. The number of nitrogens with zero attached hydrogens (tertiary/aromatic N) is 3. The van der Waals surface area contributed by atoms with Crippen molar-refractivity contribution in [3.8, 4) is 0 Å². The van der Waals surface area contributed by atoms with E-state index in [-0.39, 0.29) is 5.41 Å². The first-order valence-corrected chi connectivity index (χ1v) is 5.13. The fourth-order valence-corrected chi connectivity index (χ4v) is 1.99. The predicted molar refractivity (Wildman–Crippen MR) is 55.0 cm³/mol. The molecule has 0 saturated heterocycles. The van der Waals surface area contributed by atoms with Gasteiger partial charge in [0, 0.05) is 13.1 Å². The van der Waals surface area contributed by atoms with Gasteiger partial charge in [0.05, 0.1) is 6.04 Å². The molecule has 2 rings (SSSR count). The summed E-state index contributed by atoms with van der Waals surface area (Å²) in [6.07, 6.45) is 0. The molecule has 1 aromatic rings. The molecule has 0 aromatic carbocycles. The summed E-state index contributed by atoms with van der Waals surface area (Å²) in [4.78, 5) is 0. The first-order valence-electron chi connectivity index (χ1n) is 5.13. The average Bonchev–Trinajstić information content (AvgIpc) is 2.46. The van der Waals surface area contributed by atoms with Crippen molar-refractivity contribution in [1.29, 1.82) is 0 Å². The van der Waals surface area contributed by atoms with Crippen molar-refractivity contribution in [2.75, 3.05) is 6.54 Å². The highest BCUT2D eigenvalue weighted by Gasteiger charge is 2.32. The maximum absolute atomic E-state index is 4.25. The van der Waals surface area contributed by atoms with Gasteiger partial charge in [0.15, 0.2) is 5.82 Å². The van der Waals surface area contributed by atoms with Crippen LogP contribution < -0.4 is 5.32 Å².